The van der Waals surface area contributed by atoms with Crippen LogP contribution in [0.2, 0.25) is 0 Å². The molecule has 0 unspecified atom stereocenters. The average Bonchev–Trinajstić information content (AvgIpc) is 2.67. The molecule has 3 aliphatic heterocycles. The molecule has 0 spiro atoms. The average molecular weight is 414 g/mol. The van der Waals surface area contributed by atoms with Crippen LogP contribution in [-0.2, 0) is 23.7 Å². The van der Waals surface area contributed by atoms with Crippen molar-refractivity contribution in [2.45, 2.75) is 73.8 Å². The molecule has 0 amide bonds. The van der Waals surface area contributed by atoms with E-state index in [4.69, 9.17) is 23.7 Å². The van der Waals surface area contributed by atoms with Crippen LogP contribution in [0.3, 0.4) is 0 Å². The lowest BCUT2D eigenvalue weighted by molar-refractivity contribution is -0.356. The lowest BCUT2D eigenvalue weighted by atomic mass is 10.0. The fraction of sp³-hybridized carbons (Fsp3) is 1.00. The van der Waals surface area contributed by atoms with Crippen molar-refractivity contribution < 1.29 is 64.5 Å². The third-order valence-corrected chi connectivity index (χ3v) is 4.94. The van der Waals surface area contributed by atoms with Gasteiger partial charge in [0.25, 0.3) is 0 Å². The molecule has 0 aromatic carbocycles. The second-order valence-corrected chi connectivity index (χ2v) is 6.99. The van der Waals surface area contributed by atoms with E-state index in [1.54, 1.807) is 0 Å². The van der Waals surface area contributed by atoms with Crippen molar-refractivity contribution in [3.63, 3.8) is 0 Å². The highest BCUT2D eigenvalue weighted by Crippen LogP contribution is 2.27. The van der Waals surface area contributed by atoms with Gasteiger partial charge in [-0.25, -0.2) is 0 Å². The Balaban J connectivity index is 1.62. The predicted octanol–water partition coefficient (Wildman–Crippen LogP) is -5.66. The first-order valence-corrected chi connectivity index (χ1v) is 8.81. The highest BCUT2D eigenvalue weighted by atomic mass is 16.7. The molecule has 28 heavy (non-hydrogen) atoms. The minimum absolute atomic E-state index is 0.308. The second kappa shape index (κ2) is 9.09. The number of aliphatic hydroxyl groups is 8. The lowest BCUT2D eigenvalue weighted by Crippen LogP contribution is -2.62. The zero-order valence-corrected chi connectivity index (χ0v) is 14.7. The van der Waals surface area contributed by atoms with Crippen molar-refractivity contribution in [2.24, 2.45) is 0 Å². The maximum atomic E-state index is 10.5. The molecule has 12 atom stereocenters. The molecule has 164 valence electrons. The first-order valence-electron chi connectivity index (χ1n) is 8.81. The van der Waals surface area contributed by atoms with Gasteiger partial charge in [0.15, 0.2) is 18.9 Å². The van der Waals surface area contributed by atoms with Gasteiger partial charge in [0.1, 0.15) is 54.9 Å². The zero-order chi connectivity index (χ0) is 20.6. The van der Waals surface area contributed by atoms with Gasteiger partial charge >= 0.3 is 0 Å². The Hall–Kier alpha value is -0.520. The number of rotatable bonds is 4. The van der Waals surface area contributed by atoms with Crippen molar-refractivity contribution in [2.75, 3.05) is 19.8 Å². The van der Waals surface area contributed by atoms with Gasteiger partial charge in [-0.15, -0.1) is 0 Å². The first-order chi connectivity index (χ1) is 13.2. The highest BCUT2D eigenvalue weighted by molar-refractivity contribution is 4.90. The fourth-order valence-electron chi connectivity index (χ4n) is 3.16. The van der Waals surface area contributed by atoms with Crippen molar-refractivity contribution in [3.05, 3.63) is 0 Å². The molecule has 0 bridgehead atoms. The summed E-state index contributed by atoms with van der Waals surface area (Å²) in [5.74, 6) is 0. The largest absolute Gasteiger partial charge is 0.388 e. The topological polar surface area (TPSA) is 208 Å². The van der Waals surface area contributed by atoms with Gasteiger partial charge < -0.3 is 64.5 Å². The van der Waals surface area contributed by atoms with Gasteiger partial charge in [0.05, 0.1) is 19.8 Å². The quantitative estimate of drug-likeness (QED) is 0.216. The summed E-state index contributed by atoms with van der Waals surface area (Å²) < 4.78 is 26.0. The Morgan fingerprint density at radius 3 is 1.57 bits per heavy atom. The van der Waals surface area contributed by atoms with Crippen LogP contribution in [0.5, 0.6) is 0 Å². The van der Waals surface area contributed by atoms with Crippen LogP contribution in [0, 0.1) is 0 Å². The standard InChI is InChI=1S/C15H26O13/c16-4-1-25-14(10(21)7(4)18)27-6-3-24-13(23)12(9(6)20)28-15-11(22)8(19)5(17)2-26-15/h4-23H,1-3H2/t4-,5-,6-,7+,8+,9+,10-,11-,12-,13-,14+,15+/m1/s1. The molecule has 3 heterocycles. The third-order valence-electron chi connectivity index (χ3n) is 4.94. The molecule has 0 saturated carbocycles. The number of ether oxygens (including phenoxy) is 5. The van der Waals surface area contributed by atoms with Crippen LogP contribution in [0.15, 0.2) is 0 Å². The molecule has 3 fully saturated rings. The summed E-state index contributed by atoms with van der Waals surface area (Å²) in [6.07, 6.45) is -17.6. The molecule has 3 rings (SSSR count). The summed E-state index contributed by atoms with van der Waals surface area (Å²) in [6, 6.07) is 0. The van der Waals surface area contributed by atoms with E-state index in [1.165, 1.54) is 0 Å². The van der Waals surface area contributed by atoms with E-state index in [2.05, 4.69) is 0 Å². The summed E-state index contributed by atoms with van der Waals surface area (Å²) in [5, 5.41) is 78.6. The van der Waals surface area contributed by atoms with Crippen molar-refractivity contribution in [3.8, 4) is 0 Å². The molecule has 0 aliphatic carbocycles. The van der Waals surface area contributed by atoms with Crippen LogP contribution in [0.1, 0.15) is 0 Å². The van der Waals surface area contributed by atoms with Gasteiger partial charge in [-0.2, -0.15) is 0 Å². The van der Waals surface area contributed by atoms with E-state index in [0.29, 0.717) is 0 Å². The minimum atomic E-state index is -1.65. The second-order valence-electron chi connectivity index (χ2n) is 6.99. The Kier molecular flexibility index (Phi) is 7.20. The van der Waals surface area contributed by atoms with E-state index in [0.717, 1.165) is 0 Å². The molecule has 0 aromatic rings. The molecule has 3 aliphatic rings. The summed E-state index contributed by atoms with van der Waals surface area (Å²) in [4.78, 5) is 0. The molecule has 13 nitrogen and oxygen atoms in total. The molecule has 13 heteroatoms. The van der Waals surface area contributed by atoms with E-state index < -0.39 is 73.8 Å². The van der Waals surface area contributed by atoms with Gasteiger partial charge in [-0.3, -0.25) is 0 Å². The smallest absolute Gasteiger partial charge is 0.186 e. The first kappa shape index (κ1) is 22.2. The van der Waals surface area contributed by atoms with Crippen molar-refractivity contribution in [1.82, 2.24) is 0 Å². The van der Waals surface area contributed by atoms with Crippen LogP contribution in [0.4, 0.5) is 0 Å². The van der Waals surface area contributed by atoms with Gasteiger partial charge in [-0.05, 0) is 0 Å². The number of hydrogen-bond donors (Lipinski definition) is 8. The van der Waals surface area contributed by atoms with E-state index in [-0.39, 0.29) is 19.8 Å². The Bertz CT molecular complexity index is 508. The summed E-state index contributed by atoms with van der Waals surface area (Å²) in [6.45, 7) is -0.967. The number of hydrogen-bond acceptors (Lipinski definition) is 13. The third kappa shape index (κ3) is 4.46. The molecule has 0 radical (unpaired) electrons. The monoisotopic (exact) mass is 414 g/mol. The van der Waals surface area contributed by atoms with E-state index in [1.807, 2.05) is 0 Å². The van der Waals surface area contributed by atoms with Gasteiger partial charge in [0, 0.05) is 0 Å². The Morgan fingerprint density at radius 2 is 1.04 bits per heavy atom. The van der Waals surface area contributed by atoms with E-state index in [9.17, 15) is 40.9 Å². The van der Waals surface area contributed by atoms with E-state index >= 15 is 0 Å². The molecular formula is C15H26O13. The summed E-state index contributed by atoms with van der Waals surface area (Å²) >= 11 is 0. The maximum absolute atomic E-state index is 10.5. The highest BCUT2D eigenvalue weighted by Gasteiger charge is 2.48. The normalized spacial score (nSPS) is 53.1. The SMILES string of the molecule is O[C@@H]1[C@@H](O)[C@H](O[C@@H]2[C@@H](O)[C@H](O[C@@H]3OC[C@@H](O)[C@H](O)[C@H]3O)CO[C@H]2O)OC[C@H]1O. The van der Waals surface area contributed by atoms with Crippen LogP contribution >= 0.6 is 0 Å². The molecule has 8 N–H and O–H groups in total. The van der Waals surface area contributed by atoms with Crippen LogP contribution in [-0.4, -0.2) is 134 Å². The fourth-order valence-corrected chi connectivity index (χ4v) is 3.16. The summed E-state index contributed by atoms with van der Waals surface area (Å²) in [7, 11) is 0. The van der Waals surface area contributed by atoms with Crippen LogP contribution in [0.25, 0.3) is 0 Å². The molecule has 3 saturated heterocycles. The van der Waals surface area contributed by atoms with Gasteiger partial charge in [0.2, 0.25) is 0 Å². The Labute approximate surface area is 159 Å². The van der Waals surface area contributed by atoms with Crippen molar-refractivity contribution in [1.29, 1.82) is 0 Å². The zero-order valence-electron chi connectivity index (χ0n) is 14.7. The minimum Gasteiger partial charge on any atom is -0.388 e. The molecule has 0 aromatic heterocycles. The summed E-state index contributed by atoms with van der Waals surface area (Å²) in [5.41, 5.74) is 0. The molecular weight excluding hydrogens is 388 g/mol. The number of aliphatic hydroxyl groups excluding tert-OH is 8. The maximum Gasteiger partial charge on any atom is 0.186 e. The predicted molar refractivity (Wildman–Crippen MR) is 83.2 cm³/mol. The Morgan fingerprint density at radius 1 is 0.536 bits per heavy atom. The van der Waals surface area contributed by atoms with Crippen LogP contribution < -0.4 is 0 Å². The lowest BCUT2D eigenvalue weighted by Gasteiger charge is -2.43. The van der Waals surface area contributed by atoms with Gasteiger partial charge in [-0.1, -0.05) is 0 Å². The van der Waals surface area contributed by atoms with Crippen molar-refractivity contribution >= 4 is 0 Å².